The summed E-state index contributed by atoms with van der Waals surface area (Å²) in [5.41, 5.74) is 1.78. The first kappa shape index (κ1) is 16.4. The number of benzene rings is 1. The van der Waals surface area contributed by atoms with Crippen LogP contribution in [0.4, 0.5) is 9.93 Å². The van der Waals surface area contributed by atoms with Crippen molar-refractivity contribution in [3.63, 3.8) is 0 Å². The van der Waals surface area contributed by atoms with Crippen LogP contribution in [-0.4, -0.2) is 34.5 Å². The number of nitrogens with one attached hydrogen (secondary N) is 1. The molecule has 1 aliphatic rings. The summed E-state index contributed by atoms with van der Waals surface area (Å²) in [6.07, 6.45) is 0.971. The monoisotopic (exact) mass is 345 g/mol. The molecule has 6 nitrogen and oxygen atoms in total. The van der Waals surface area contributed by atoms with Gasteiger partial charge in [-0.25, -0.2) is 9.78 Å². The fourth-order valence-electron chi connectivity index (χ4n) is 2.66. The quantitative estimate of drug-likeness (QED) is 0.924. The lowest BCUT2D eigenvalue weighted by atomic mass is 10.2. The van der Waals surface area contributed by atoms with Gasteiger partial charge in [0.2, 0.25) is 5.91 Å². The number of hydrogen-bond acceptors (Lipinski definition) is 5. The number of likely N-dealkylation sites (tertiary alicyclic amines) is 1. The molecule has 2 heterocycles. The number of aryl methyl sites for hydroxylation is 1. The SMILES string of the molecule is Cc1csc(NC(=O)C2CCCN2C(=O)OCc2ccccc2)n1. The smallest absolute Gasteiger partial charge is 0.410 e. The number of thiazole rings is 1. The molecule has 0 aliphatic carbocycles. The summed E-state index contributed by atoms with van der Waals surface area (Å²) < 4.78 is 5.34. The van der Waals surface area contributed by atoms with Crippen LogP contribution in [-0.2, 0) is 16.1 Å². The standard InChI is InChI=1S/C17H19N3O3S/c1-12-11-24-16(18-12)19-15(21)14-8-5-9-20(14)17(22)23-10-13-6-3-2-4-7-13/h2-4,6-7,11,14H,5,8-10H2,1H3,(H,18,19,21). The molecule has 0 spiro atoms. The van der Waals surface area contributed by atoms with Crippen LogP contribution in [0.1, 0.15) is 24.1 Å². The predicted molar refractivity (Wildman–Crippen MR) is 91.8 cm³/mol. The van der Waals surface area contributed by atoms with Crippen molar-refractivity contribution in [2.75, 3.05) is 11.9 Å². The summed E-state index contributed by atoms with van der Waals surface area (Å²) in [4.78, 5) is 30.4. The predicted octanol–water partition coefficient (Wildman–Crippen LogP) is 3.19. The van der Waals surface area contributed by atoms with Gasteiger partial charge in [-0.1, -0.05) is 30.3 Å². The molecule has 126 valence electrons. The summed E-state index contributed by atoms with van der Waals surface area (Å²) >= 11 is 1.38. The van der Waals surface area contributed by atoms with E-state index < -0.39 is 12.1 Å². The zero-order valence-electron chi connectivity index (χ0n) is 13.4. The van der Waals surface area contributed by atoms with Crippen LogP contribution in [0.15, 0.2) is 35.7 Å². The van der Waals surface area contributed by atoms with E-state index in [1.54, 1.807) is 0 Å². The molecule has 2 aromatic rings. The summed E-state index contributed by atoms with van der Waals surface area (Å²) in [5.74, 6) is -0.210. The lowest BCUT2D eigenvalue weighted by Crippen LogP contribution is -2.43. The molecule has 1 aromatic carbocycles. The molecule has 1 unspecified atom stereocenters. The zero-order chi connectivity index (χ0) is 16.9. The molecule has 2 amide bonds. The minimum atomic E-state index is -0.502. The van der Waals surface area contributed by atoms with Crippen LogP contribution in [0.2, 0.25) is 0 Å². The molecule has 0 saturated carbocycles. The molecule has 1 aliphatic heterocycles. The summed E-state index contributed by atoms with van der Waals surface area (Å²) in [6.45, 7) is 2.60. The van der Waals surface area contributed by atoms with Crippen LogP contribution < -0.4 is 5.32 Å². The zero-order valence-corrected chi connectivity index (χ0v) is 14.2. The van der Waals surface area contributed by atoms with Crippen LogP contribution in [0, 0.1) is 6.92 Å². The molecule has 0 bridgehead atoms. The maximum atomic E-state index is 12.4. The highest BCUT2D eigenvalue weighted by atomic mass is 32.1. The summed E-state index contributed by atoms with van der Waals surface area (Å²) in [7, 11) is 0. The Morgan fingerprint density at radius 3 is 2.88 bits per heavy atom. The third-order valence-electron chi connectivity index (χ3n) is 3.84. The van der Waals surface area contributed by atoms with E-state index in [0.717, 1.165) is 17.7 Å². The minimum absolute atomic E-state index is 0.205. The van der Waals surface area contributed by atoms with Gasteiger partial charge in [0.25, 0.3) is 0 Å². The summed E-state index contributed by atoms with van der Waals surface area (Å²) in [6, 6.07) is 8.99. The molecule has 0 radical (unpaired) electrons. The van der Waals surface area contributed by atoms with Gasteiger partial charge in [-0.05, 0) is 25.3 Å². The van der Waals surface area contributed by atoms with Gasteiger partial charge in [0.15, 0.2) is 5.13 Å². The number of aromatic nitrogens is 1. The number of rotatable bonds is 4. The van der Waals surface area contributed by atoms with E-state index in [1.165, 1.54) is 16.2 Å². The lowest BCUT2D eigenvalue weighted by molar-refractivity contribution is -0.120. The molecular formula is C17H19N3O3S. The molecule has 1 saturated heterocycles. The van der Waals surface area contributed by atoms with Gasteiger partial charge in [-0.3, -0.25) is 9.69 Å². The normalized spacial score (nSPS) is 16.9. The Morgan fingerprint density at radius 1 is 1.38 bits per heavy atom. The van der Waals surface area contributed by atoms with Crippen molar-refractivity contribution in [2.24, 2.45) is 0 Å². The Kier molecular flexibility index (Phi) is 5.10. The second kappa shape index (κ2) is 7.44. The third-order valence-corrected chi connectivity index (χ3v) is 4.72. The van der Waals surface area contributed by atoms with Crippen LogP contribution in [0.3, 0.4) is 0 Å². The van der Waals surface area contributed by atoms with Crippen LogP contribution in [0.25, 0.3) is 0 Å². The summed E-state index contributed by atoms with van der Waals surface area (Å²) in [5, 5.41) is 5.21. The Morgan fingerprint density at radius 2 is 2.17 bits per heavy atom. The van der Waals surface area contributed by atoms with Crippen molar-refractivity contribution >= 4 is 28.5 Å². The Balaban J connectivity index is 1.57. The first-order chi connectivity index (χ1) is 11.6. The highest BCUT2D eigenvalue weighted by molar-refractivity contribution is 7.13. The fraction of sp³-hybridized carbons (Fsp3) is 0.353. The highest BCUT2D eigenvalue weighted by Crippen LogP contribution is 2.22. The van der Waals surface area contributed by atoms with E-state index in [1.807, 2.05) is 42.6 Å². The van der Waals surface area contributed by atoms with Gasteiger partial charge in [0, 0.05) is 11.9 Å². The van der Waals surface area contributed by atoms with E-state index >= 15 is 0 Å². The average molecular weight is 345 g/mol. The molecule has 1 atom stereocenters. The van der Waals surface area contributed by atoms with E-state index in [2.05, 4.69) is 10.3 Å². The van der Waals surface area contributed by atoms with Crippen molar-refractivity contribution in [3.8, 4) is 0 Å². The fourth-order valence-corrected chi connectivity index (χ4v) is 3.35. The van der Waals surface area contributed by atoms with Crippen molar-refractivity contribution in [1.82, 2.24) is 9.88 Å². The van der Waals surface area contributed by atoms with Gasteiger partial charge < -0.3 is 10.1 Å². The molecular weight excluding hydrogens is 326 g/mol. The van der Waals surface area contributed by atoms with Crippen LogP contribution >= 0.6 is 11.3 Å². The molecule has 24 heavy (non-hydrogen) atoms. The number of anilines is 1. The van der Waals surface area contributed by atoms with E-state index in [4.69, 9.17) is 4.74 Å². The van der Waals surface area contributed by atoms with E-state index in [-0.39, 0.29) is 12.5 Å². The maximum Gasteiger partial charge on any atom is 0.410 e. The van der Waals surface area contributed by atoms with Gasteiger partial charge in [0.1, 0.15) is 12.6 Å². The topological polar surface area (TPSA) is 71.5 Å². The third kappa shape index (κ3) is 3.91. The molecule has 1 aromatic heterocycles. The van der Waals surface area contributed by atoms with Gasteiger partial charge in [0.05, 0.1) is 5.69 Å². The highest BCUT2D eigenvalue weighted by Gasteiger charge is 2.35. The van der Waals surface area contributed by atoms with Gasteiger partial charge in [-0.15, -0.1) is 11.3 Å². The van der Waals surface area contributed by atoms with Crippen molar-refractivity contribution in [2.45, 2.75) is 32.4 Å². The number of nitrogens with zero attached hydrogens (tertiary/aromatic N) is 2. The Bertz CT molecular complexity index is 717. The van der Waals surface area contributed by atoms with Crippen molar-refractivity contribution in [1.29, 1.82) is 0 Å². The molecule has 3 rings (SSSR count). The number of carbonyl (C=O) groups excluding carboxylic acids is 2. The van der Waals surface area contributed by atoms with Crippen molar-refractivity contribution < 1.29 is 14.3 Å². The van der Waals surface area contributed by atoms with E-state index in [9.17, 15) is 9.59 Å². The average Bonchev–Trinajstić information content (AvgIpc) is 3.22. The number of amides is 2. The van der Waals surface area contributed by atoms with Crippen molar-refractivity contribution in [3.05, 3.63) is 47.0 Å². The first-order valence-corrected chi connectivity index (χ1v) is 8.72. The van der Waals surface area contributed by atoms with Crippen LogP contribution in [0.5, 0.6) is 0 Å². The Hall–Kier alpha value is -2.41. The van der Waals surface area contributed by atoms with Gasteiger partial charge >= 0.3 is 6.09 Å². The lowest BCUT2D eigenvalue weighted by Gasteiger charge is -2.22. The number of ether oxygens (including phenoxy) is 1. The first-order valence-electron chi connectivity index (χ1n) is 7.84. The number of carbonyl (C=O) groups is 2. The Labute approximate surface area is 144 Å². The minimum Gasteiger partial charge on any atom is -0.445 e. The number of hydrogen-bond donors (Lipinski definition) is 1. The van der Waals surface area contributed by atoms with E-state index in [0.29, 0.717) is 18.1 Å². The van der Waals surface area contributed by atoms with Gasteiger partial charge in [-0.2, -0.15) is 0 Å². The molecule has 7 heteroatoms. The second-order valence-corrected chi connectivity index (χ2v) is 6.53. The largest absolute Gasteiger partial charge is 0.445 e. The molecule has 1 N–H and O–H groups in total. The maximum absolute atomic E-state index is 12.4. The molecule has 1 fully saturated rings. The second-order valence-electron chi connectivity index (χ2n) is 5.67.